The van der Waals surface area contributed by atoms with Gasteiger partial charge in [-0.2, -0.15) is 0 Å². The van der Waals surface area contributed by atoms with Gasteiger partial charge in [0.15, 0.2) is 0 Å². The summed E-state index contributed by atoms with van der Waals surface area (Å²) in [6.45, 7) is 1.17. The summed E-state index contributed by atoms with van der Waals surface area (Å²) in [6.07, 6.45) is 1.26. The van der Waals surface area contributed by atoms with Crippen molar-refractivity contribution in [3.63, 3.8) is 0 Å². The predicted octanol–water partition coefficient (Wildman–Crippen LogP) is 1.31. The van der Waals surface area contributed by atoms with Crippen LogP contribution in [0.3, 0.4) is 0 Å². The number of amides is 1. The van der Waals surface area contributed by atoms with E-state index in [2.05, 4.69) is 5.32 Å². The normalized spacial score (nSPS) is 10.1. The first-order chi connectivity index (χ1) is 7.72. The molecule has 0 unspecified atom stereocenters. The van der Waals surface area contributed by atoms with Gasteiger partial charge in [0.2, 0.25) is 5.91 Å². The molecule has 0 heterocycles. The molecule has 0 aromatic heterocycles. The smallest absolute Gasteiger partial charge is 0.220 e. The van der Waals surface area contributed by atoms with Crippen molar-refractivity contribution >= 4 is 11.6 Å². The Morgan fingerprint density at radius 3 is 2.69 bits per heavy atom. The van der Waals surface area contributed by atoms with Gasteiger partial charge in [-0.05, 0) is 24.1 Å². The summed E-state index contributed by atoms with van der Waals surface area (Å²) in [6, 6.07) is 7.47. The number of carbonyl (C=O) groups excluding carboxylic acids is 1. The number of methoxy groups -OCH3 is 1. The SMILES string of the molecule is COCCCC(=O)NCc1ccc(N)cc1. The van der Waals surface area contributed by atoms with Gasteiger partial charge in [0.25, 0.3) is 0 Å². The fourth-order valence-electron chi connectivity index (χ4n) is 1.30. The summed E-state index contributed by atoms with van der Waals surface area (Å²) in [4.78, 5) is 11.4. The van der Waals surface area contributed by atoms with Crippen LogP contribution in [0.25, 0.3) is 0 Å². The van der Waals surface area contributed by atoms with E-state index in [0.717, 1.165) is 17.7 Å². The van der Waals surface area contributed by atoms with E-state index in [-0.39, 0.29) is 5.91 Å². The van der Waals surface area contributed by atoms with Crippen LogP contribution < -0.4 is 11.1 Å². The quantitative estimate of drug-likeness (QED) is 0.563. The minimum atomic E-state index is 0.0499. The lowest BCUT2D eigenvalue weighted by atomic mass is 10.2. The monoisotopic (exact) mass is 222 g/mol. The number of anilines is 1. The third-order valence-corrected chi connectivity index (χ3v) is 2.22. The van der Waals surface area contributed by atoms with Crippen LogP contribution in [0, 0.1) is 0 Å². The standard InChI is InChI=1S/C12H18N2O2/c1-16-8-2-3-12(15)14-9-10-4-6-11(13)7-5-10/h4-7H,2-3,8-9,13H2,1H3,(H,14,15). The topological polar surface area (TPSA) is 64.3 Å². The van der Waals surface area contributed by atoms with E-state index in [9.17, 15) is 4.79 Å². The summed E-state index contributed by atoms with van der Waals surface area (Å²) in [5, 5.41) is 2.84. The Kier molecular flexibility index (Phi) is 5.36. The predicted molar refractivity (Wildman–Crippen MR) is 63.8 cm³/mol. The zero-order valence-electron chi connectivity index (χ0n) is 9.53. The molecule has 0 radical (unpaired) electrons. The van der Waals surface area contributed by atoms with Crippen molar-refractivity contribution in [1.82, 2.24) is 5.32 Å². The molecule has 3 N–H and O–H groups in total. The Morgan fingerprint density at radius 2 is 2.06 bits per heavy atom. The second kappa shape index (κ2) is 6.85. The van der Waals surface area contributed by atoms with Crippen LogP contribution in [-0.4, -0.2) is 19.6 Å². The Hall–Kier alpha value is -1.55. The van der Waals surface area contributed by atoms with Crippen molar-refractivity contribution in [1.29, 1.82) is 0 Å². The lowest BCUT2D eigenvalue weighted by Gasteiger charge is -2.05. The highest BCUT2D eigenvalue weighted by molar-refractivity contribution is 5.75. The molecular formula is C12H18N2O2. The zero-order valence-corrected chi connectivity index (χ0v) is 9.53. The molecule has 0 atom stereocenters. The number of ether oxygens (including phenoxy) is 1. The number of nitrogen functional groups attached to an aromatic ring is 1. The Balaban J connectivity index is 2.23. The third kappa shape index (κ3) is 4.79. The first kappa shape index (κ1) is 12.5. The number of nitrogens with one attached hydrogen (secondary N) is 1. The average molecular weight is 222 g/mol. The Labute approximate surface area is 95.8 Å². The Bertz CT molecular complexity index is 322. The van der Waals surface area contributed by atoms with E-state index >= 15 is 0 Å². The molecule has 1 aromatic rings. The van der Waals surface area contributed by atoms with Crippen molar-refractivity contribution in [2.45, 2.75) is 19.4 Å². The van der Waals surface area contributed by atoms with Crippen LogP contribution in [0.1, 0.15) is 18.4 Å². The van der Waals surface area contributed by atoms with Crippen molar-refractivity contribution < 1.29 is 9.53 Å². The minimum Gasteiger partial charge on any atom is -0.399 e. The van der Waals surface area contributed by atoms with Gasteiger partial charge in [-0.15, -0.1) is 0 Å². The summed E-state index contributed by atoms with van der Waals surface area (Å²) < 4.78 is 4.87. The zero-order chi connectivity index (χ0) is 11.8. The van der Waals surface area contributed by atoms with Gasteiger partial charge in [0.05, 0.1) is 0 Å². The molecule has 1 rings (SSSR count). The molecule has 0 aliphatic rings. The van der Waals surface area contributed by atoms with Crippen LogP contribution in [0.2, 0.25) is 0 Å². The van der Waals surface area contributed by atoms with Crippen molar-refractivity contribution in [2.75, 3.05) is 19.5 Å². The molecule has 0 saturated carbocycles. The molecular weight excluding hydrogens is 204 g/mol. The molecule has 1 amide bonds. The fourth-order valence-corrected chi connectivity index (χ4v) is 1.30. The lowest BCUT2D eigenvalue weighted by molar-refractivity contribution is -0.121. The maximum Gasteiger partial charge on any atom is 0.220 e. The van der Waals surface area contributed by atoms with Gasteiger partial charge in [0, 0.05) is 32.4 Å². The number of benzene rings is 1. The van der Waals surface area contributed by atoms with E-state index in [4.69, 9.17) is 10.5 Å². The molecule has 0 aliphatic carbocycles. The highest BCUT2D eigenvalue weighted by atomic mass is 16.5. The van der Waals surface area contributed by atoms with Crippen molar-refractivity contribution in [2.24, 2.45) is 0 Å². The van der Waals surface area contributed by atoms with Crippen molar-refractivity contribution in [3.8, 4) is 0 Å². The molecule has 4 heteroatoms. The van der Waals surface area contributed by atoms with Gasteiger partial charge in [-0.25, -0.2) is 0 Å². The molecule has 16 heavy (non-hydrogen) atoms. The van der Waals surface area contributed by atoms with E-state index in [1.54, 1.807) is 7.11 Å². The molecule has 1 aromatic carbocycles. The average Bonchev–Trinajstić information content (AvgIpc) is 2.29. The van der Waals surface area contributed by atoms with Gasteiger partial charge >= 0.3 is 0 Å². The lowest BCUT2D eigenvalue weighted by Crippen LogP contribution is -2.22. The number of nitrogens with two attached hydrogens (primary N) is 1. The summed E-state index contributed by atoms with van der Waals surface area (Å²) in [5.41, 5.74) is 7.34. The third-order valence-electron chi connectivity index (χ3n) is 2.22. The number of carbonyl (C=O) groups is 1. The number of rotatable bonds is 6. The molecule has 0 aliphatic heterocycles. The number of hydrogen-bond acceptors (Lipinski definition) is 3. The van der Waals surface area contributed by atoms with Gasteiger partial charge in [-0.3, -0.25) is 4.79 Å². The van der Waals surface area contributed by atoms with Gasteiger partial charge < -0.3 is 15.8 Å². The minimum absolute atomic E-state index is 0.0499. The summed E-state index contributed by atoms with van der Waals surface area (Å²) in [7, 11) is 1.63. The molecule has 88 valence electrons. The van der Waals surface area contributed by atoms with Crippen LogP contribution >= 0.6 is 0 Å². The van der Waals surface area contributed by atoms with Crippen molar-refractivity contribution in [3.05, 3.63) is 29.8 Å². The molecule has 4 nitrogen and oxygen atoms in total. The molecule has 0 fully saturated rings. The summed E-state index contributed by atoms with van der Waals surface area (Å²) >= 11 is 0. The van der Waals surface area contributed by atoms with E-state index in [1.165, 1.54) is 0 Å². The number of hydrogen-bond donors (Lipinski definition) is 2. The Morgan fingerprint density at radius 1 is 1.38 bits per heavy atom. The van der Waals surface area contributed by atoms with Crippen LogP contribution in [0.15, 0.2) is 24.3 Å². The van der Waals surface area contributed by atoms with E-state index in [0.29, 0.717) is 19.6 Å². The molecule has 0 saturated heterocycles. The largest absolute Gasteiger partial charge is 0.399 e. The first-order valence-electron chi connectivity index (χ1n) is 5.32. The first-order valence-corrected chi connectivity index (χ1v) is 5.32. The van der Waals surface area contributed by atoms with E-state index in [1.807, 2.05) is 24.3 Å². The van der Waals surface area contributed by atoms with Gasteiger partial charge in [-0.1, -0.05) is 12.1 Å². The van der Waals surface area contributed by atoms with Crippen LogP contribution in [-0.2, 0) is 16.1 Å². The molecule has 0 bridgehead atoms. The summed E-state index contributed by atoms with van der Waals surface area (Å²) in [5.74, 6) is 0.0499. The van der Waals surface area contributed by atoms with E-state index < -0.39 is 0 Å². The second-order valence-electron chi connectivity index (χ2n) is 3.61. The highest BCUT2D eigenvalue weighted by Gasteiger charge is 2.00. The van der Waals surface area contributed by atoms with Crippen LogP contribution in [0.4, 0.5) is 5.69 Å². The maximum atomic E-state index is 11.4. The fraction of sp³-hybridized carbons (Fsp3) is 0.417. The van der Waals surface area contributed by atoms with Crippen LogP contribution in [0.5, 0.6) is 0 Å². The highest BCUT2D eigenvalue weighted by Crippen LogP contribution is 2.04. The molecule has 0 spiro atoms. The second-order valence-corrected chi connectivity index (χ2v) is 3.61. The maximum absolute atomic E-state index is 11.4. The van der Waals surface area contributed by atoms with Gasteiger partial charge in [0.1, 0.15) is 0 Å².